The molecule has 0 fully saturated rings. The van der Waals surface area contributed by atoms with Crippen molar-refractivity contribution in [3.8, 4) is 5.69 Å². The Labute approximate surface area is 172 Å². The topological polar surface area (TPSA) is 107 Å². The first-order chi connectivity index (χ1) is 14.3. The normalized spacial score (nSPS) is 11.5. The van der Waals surface area contributed by atoms with E-state index in [1.807, 2.05) is 18.2 Å². The molecular formula is C21H17FN4O3S. The molecule has 9 heteroatoms. The fourth-order valence-electron chi connectivity index (χ4n) is 3.18. The number of nitrogens with one attached hydrogen (secondary N) is 1. The third-order valence-electron chi connectivity index (χ3n) is 4.56. The maximum Gasteiger partial charge on any atom is 0.240 e. The van der Waals surface area contributed by atoms with Crippen molar-refractivity contribution in [1.82, 2.24) is 9.78 Å². The van der Waals surface area contributed by atoms with Gasteiger partial charge in [-0.15, -0.1) is 0 Å². The molecule has 4 aromatic rings. The SMILES string of the molecule is NS(=O)(=O)c1cc(NC(=O)Cc2ccccc2F)ccc1-n1ncc2ccccc21. The maximum absolute atomic E-state index is 13.8. The molecule has 3 aromatic carbocycles. The predicted molar refractivity (Wildman–Crippen MR) is 111 cm³/mol. The van der Waals surface area contributed by atoms with Crippen LogP contribution in [0.2, 0.25) is 0 Å². The Hall–Kier alpha value is -3.56. The number of amides is 1. The van der Waals surface area contributed by atoms with Gasteiger partial charge in [-0.05, 0) is 35.9 Å². The Kier molecular flexibility index (Phi) is 5.06. The van der Waals surface area contributed by atoms with E-state index in [1.165, 1.54) is 35.0 Å². The van der Waals surface area contributed by atoms with Crippen LogP contribution in [0.25, 0.3) is 16.6 Å². The zero-order chi connectivity index (χ0) is 21.3. The molecule has 0 radical (unpaired) electrons. The number of rotatable bonds is 5. The molecule has 1 amide bonds. The van der Waals surface area contributed by atoms with E-state index in [-0.39, 0.29) is 28.3 Å². The predicted octanol–water partition coefficient (Wildman–Crippen LogP) is 2.99. The second kappa shape index (κ2) is 7.69. The van der Waals surface area contributed by atoms with Crippen LogP contribution in [0, 0.1) is 5.82 Å². The van der Waals surface area contributed by atoms with Crippen LogP contribution in [0.4, 0.5) is 10.1 Å². The number of nitrogens with zero attached hydrogens (tertiary/aromatic N) is 2. The van der Waals surface area contributed by atoms with Crippen LogP contribution in [-0.2, 0) is 21.2 Å². The number of hydrogen-bond acceptors (Lipinski definition) is 4. The highest BCUT2D eigenvalue weighted by atomic mass is 32.2. The van der Waals surface area contributed by atoms with E-state index in [0.29, 0.717) is 5.52 Å². The van der Waals surface area contributed by atoms with Gasteiger partial charge in [0.05, 0.1) is 23.8 Å². The summed E-state index contributed by atoms with van der Waals surface area (Å²) in [5.41, 5.74) is 1.42. The molecule has 0 saturated carbocycles. The smallest absolute Gasteiger partial charge is 0.240 e. The van der Waals surface area contributed by atoms with Gasteiger partial charge in [0.2, 0.25) is 15.9 Å². The zero-order valence-electron chi connectivity index (χ0n) is 15.6. The van der Waals surface area contributed by atoms with Crippen LogP contribution >= 0.6 is 0 Å². The molecule has 0 atom stereocenters. The lowest BCUT2D eigenvalue weighted by atomic mass is 10.1. The molecular weight excluding hydrogens is 407 g/mol. The first-order valence-electron chi connectivity index (χ1n) is 8.96. The number of nitrogens with two attached hydrogens (primary N) is 1. The number of anilines is 1. The fraction of sp³-hybridized carbons (Fsp3) is 0.0476. The van der Waals surface area contributed by atoms with Crippen molar-refractivity contribution < 1.29 is 17.6 Å². The molecule has 0 aliphatic heterocycles. The number of primary sulfonamides is 1. The van der Waals surface area contributed by atoms with Crippen molar-refractivity contribution in [2.75, 3.05) is 5.32 Å². The van der Waals surface area contributed by atoms with Gasteiger partial charge in [0.1, 0.15) is 10.7 Å². The maximum atomic E-state index is 13.8. The van der Waals surface area contributed by atoms with Crippen molar-refractivity contribution in [1.29, 1.82) is 0 Å². The molecule has 1 heterocycles. The molecule has 0 bridgehead atoms. The Balaban J connectivity index is 1.69. The molecule has 0 aliphatic rings. The number of carbonyl (C=O) groups excluding carboxylic acids is 1. The van der Waals surface area contributed by atoms with Gasteiger partial charge in [0, 0.05) is 11.1 Å². The van der Waals surface area contributed by atoms with Crippen molar-refractivity contribution >= 4 is 32.5 Å². The number of hydrogen-bond donors (Lipinski definition) is 2. The highest BCUT2D eigenvalue weighted by Crippen LogP contribution is 2.26. The van der Waals surface area contributed by atoms with Gasteiger partial charge in [-0.2, -0.15) is 5.10 Å². The average Bonchev–Trinajstić information content (AvgIpc) is 3.13. The minimum absolute atomic E-state index is 0.192. The van der Waals surface area contributed by atoms with Crippen LogP contribution < -0.4 is 10.5 Å². The lowest BCUT2D eigenvalue weighted by Gasteiger charge is -2.12. The van der Waals surface area contributed by atoms with Gasteiger partial charge in [-0.3, -0.25) is 4.79 Å². The molecule has 1 aromatic heterocycles. The summed E-state index contributed by atoms with van der Waals surface area (Å²) in [6, 6.07) is 17.6. The Morgan fingerprint density at radius 2 is 1.80 bits per heavy atom. The molecule has 4 rings (SSSR count). The number of sulfonamides is 1. The van der Waals surface area contributed by atoms with E-state index in [9.17, 15) is 17.6 Å². The van der Waals surface area contributed by atoms with Gasteiger partial charge < -0.3 is 5.32 Å². The third kappa shape index (κ3) is 3.93. The molecule has 0 saturated heterocycles. The van der Waals surface area contributed by atoms with Crippen LogP contribution in [0.3, 0.4) is 0 Å². The van der Waals surface area contributed by atoms with Gasteiger partial charge in [-0.1, -0.05) is 36.4 Å². The van der Waals surface area contributed by atoms with Gasteiger partial charge in [0.25, 0.3) is 0 Å². The Morgan fingerprint density at radius 3 is 2.57 bits per heavy atom. The van der Waals surface area contributed by atoms with E-state index >= 15 is 0 Å². The summed E-state index contributed by atoms with van der Waals surface area (Å²) < 4.78 is 39.7. The minimum Gasteiger partial charge on any atom is -0.326 e. The first kappa shape index (κ1) is 19.7. The standard InChI is InChI=1S/C21H17FN4O3S/c22-17-7-3-1-5-14(17)11-21(27)25-16-9-10-19(20(12-16)30(23,28)29)26-18-8-4-2-6-15(18)13-24-26/h1-10,12-13H,11H2,(H,25,27)(H2,23,28,29). The largest absolute Gasteiger partial charge is 0.326 e. The minimum atomic E-state index is -4.12. The van der Waals surface area contributed by atoms with E-state index < -0.39 is 21.7 Å². The number of fused-ring (bicyclic) bond motifs is 1. The first-order valence-corrected chi connectivity index (χ1v) is 10.5. The monoisotopic (exact) mass is 424 g/mol. The van der Waals surface area contributed by atoms with E-state index in [2.05, 4.69) is 10.4 Å². The molecule has 0 unspecified atom stereocenters. The number of halogens is 1. The van der Waals surface area contributed by atoms with Crippen molar-refractivity contribution in [3.05, 3.63) is 84.3 Å². The molecule has 152 valence electrons. The second-order valence-electron chi connectivity index (χ2n) is 6.66. The molecule has 7 nitrogen and oxygen atoms in total. The average molecular weight is 424 g/mol. The third-order valence-corrected chi connectivity index (χ3v) is 5.50. The molecule has 30 heavy (non-hydrogen) atoms. The lowest BCUT2D eigenvalue weighted by Crippen LogP contribution is -2.18. The summed E-state index contributed by atoms with van der Waals surface area (Å²) >= 11 is 0. The van der Waals surface area contributed by atoms with E-state index in [0.717, 1.165) is 5.39 Å². The van der Waals surface area contributed by atoms with Crippen LogP contribution in [0.15, 0.2) is 77.8 Å². The summed E-state index contributed by atoms with van der Waals surface area (Å²) in [6.45, 7) is 0. The number of para-hydroxylation sites is 1. The van der Waals surface area contributed by atoms with Crippen molar-refractivity contribution in [2.24, 2.45) is 5.14 Å². The summed E-state index contributed by atoms with van der Waals surface area (Å²) in [7, 11) is -4.12. The second-order valence-corrected chi connectivity index (χ2v) is 8.19. The number of benzene rings is 3. The highest BCUT2D eigenvalue weighted by molar-refractivity contribution is 7.89. The van der Waals surface area contributed by atoms with Gasteiger partial charge in [-0.25, -0.2) is 22.6 Å². The summed E-state index contributed by atoms with van der Waals surface area (Å²) in [4.78, 5) is 12.1. The Bertz CT molecular complexity index is 1370. The summed E-state index contributed by atoms with van der Waals surface area (Å²) in [5.74, 6) is -0.975. The van der Waals surface area contributed by atoms with E-state index in [4.69, 9.17) is 5.14 Å². The highest BCUT2D eigenvalue weighted by Gasteiger charge is 2.19. The Morgan fingerprint density at radius 1 is 1.07 bits per heavy atom. The fourth-order valence-corrected chi connectivity index (χ4v) is 3.92. The summed E-state index contributed by atoms with van der Waals surface area (Å²) in [5, 5.41) is 13.1. The number of aromatic nitrogens is 2. The van der Waals surface area contributed by atoms with Crippen LogP contribution in [0.5, 0.6) is 0 Å². The number of carbonyl (C=O) groups is 1. The van der Waals surface area contributed by atoms with Crippen LogP contribution in [0.1, 0.15) is 5.56 Å². The van der Waals surface area contributed by atoms with Gasteiger partial charge >= 0.3 is 0 Å². The zero-order valence-corrected chi connectivity index (χ0v) is 16.4. The van der Waals surface area contributed by atoms with Gasteiger partial charge in [0.15, 0.2) is 0 Å². The van der Waals surface area contributed by atoms with Crippen molar-refractivity contribution in [3.63, 3.8) is 0 Å². The van der Waals surface area contributed by atoms with E-state index in [1.54, 1.807) is 24.4 Å². The molecule has 0 spiro atoms. The van der Waals surface area contributed by atoms with Crippen LogP contribution in [-0.4, -0.2) is 24.1 Å². The summed E-state index contributed by atoms with van der Waals surface area (Å²) in [6.07, 6.45) is 1.43. The lowest BCUT2D eigenvalue weighted by molar-refractivity contribution is -0.115. The molecule has 3 N–H and O–H groups in total. The quantitative estimate of drug-likeness (QED) is 0.513. The van der Waals surface area contributed by atoms with Crippen molar-refractivity contribution in [2.45, 2.75) is 11.3 Å². The molecule has 0 aliphatic carbocycles.